The summed E-state index contributed by atoms with van der Waals surface area (Å²) >= 11 is 0. The number of nitrogens with one attached hydrogen (secondary N) is 2. The normalized spacial score (nSPS) is 14.9. The minimum atomic E-state index is -0.941. The number of para-hydroxylation sites is 1. The molecule has 1 saturated carbocycles. The van der Waals surface area contributed by atoms with Crippen LogP contribution in [0, 0.1) is 5.82 Å². The molecule has 0 bridgehead atoms. The summed E-state index contributed by atoms with van der Waals surface area (Å²) in [6.07, 6.45) is 10.3. The largest absolute Gasteiger partial charge is 0.361 e. The van der Waals surface area contributed by atoms with Gasteiger partial charge in [0, 0.05) is 46.8 Å². The minimum Gasteiger partial charge on any atom is -0.361 e. The number of anilines is 1. The highest BCUT2D eigenvalue weighted by molar-refractivity contribution is 6.03. The Labute approximate surface area is 209 Å². The number of aromatic amines is 1. The molecule has 2 aromatic carbocycles. The highest BCUT2D eigenvalue weighted by Crippen LogP contribution is 2.30. The first-order valence-corrected chi connectivity index (χ1v) is 12.4. The van der Waals surface area contributed by atoms with Gasteiger partial charge in [-0.2, -0.15) is 0 Å². The van der Waals surface area contributed by atoms with Gasteiger partial charge in [-0.15, -0.1) is 0 Å². The summed E-state index contributed by atoms with van der Waals surface area (Å²) in [6, 6.07) is 16.2. The van der Waals surface area contributed by atoms with E-state index in [1.54, 1.807) is 36.7 Å². The van der Waals surface area contributed by atoms with Crippen LogP contribution >= 0.6 is 0 Å². The second-order valence-electron chi connectivity index (χ2n) is 9.31. The molecule has 2 heterocycles. The fourth-order valence-electron chi connectivity index (χ4n) is 5.05. The van der Waals surface area contributed by atoms with Crippen molar-refractivity contribution in [2.75, 3.05) is 4.90 Å². The number of halogens is 1. The molecule has 4 aromatic rings. The molecular formula is C29H29FN4O2. The van der Waals surface area contributed by atoms with Gasteiger partial charge in [0.2, 0.25) is 11.8 Å². The Kier molecular flexibility index (Phi) is 7.07. The quantitative estimate of drug-likeness (QED) is 0.365. The van der Waals surface area contributed by atoms with Gasteiger partial charge >= 0.3 is 0 Å². The van der Waals surface area contributed by atoms with Crippen molar-refractivity contribution in [3.05, 3.63) is 96.2 Å². The Bertz CT molecular complexity index is 1330. The third-order valence-electron chi connectivity index (χ3n) is 6.85. The van der Waals surface area contributed by atoms with Crippen molar-refractivity contribution < 1.29 is 14.0 Å². The van der Waals surface area contributed by atoms with E-state index in [1.807, 2.05) is 30.5 Å². The van der Waals surface area contributed by atoms with Crippen molar-refractivity contribution in [3.63, 3.8) is 0 Å². The molecule has 0 saturated heterocycles. The molecule has 1 aliphatic rings. The molecule has 0 radical (unpaired) electrons. The van der Waals surface area contributed by atoms with Gasteiger partial charge in [0.25, 0.3) is 0 Å². The van der Waals surface area contributed by atoms with Gasteiger partial charge in [0.15, 0.2) is 0 Å². The average molecular weight is 485 g/mol. The summed E-state index contributed by atoms with van der Waals surface area (Å²) in [4.78, 5) is 36.7. The van der Waals surface area contributed by atoms with Gasteiger partial charge in [0.05, 0.1) is 6.42 Å². The second-order valence-corrected chi connectivity index (χ2v) is 9.31. The third kappa shape index (κ3) is 5.15. The summed E-state index contributed by atoms with van der Waals surface area (Å²) in [5.74, 6) is -0.933. The van der Waals surface area contributed by atoms with E-state index in [1.165, 1.54) is 23.5 Å². The Morgan fingerprint density at radius 2 is 1.81 bits per heavy atom. The number of aromatic nitrogens is 2. The fourth-order valence-corrected chi connectivity index (χ4v) is 5.05. The van der Waals surface area contributed by atoms with Gasteiger partial charge in [-0.05, 0) is 54.8 Å². The van der Waals surface area contributed by atoms with Crippen LogP contribution in [-0.2, 0) is 16.0 Å². The summed E-state index contributed by atoms with van der Waals surface area (Å²) < 4.78 is 13.8. The van der Waals surface area contributed by atoms with Crippen molar-refractivity contribution in [1.29, 1.82) is 0 Å². The van der Waals surface area contributed by atoms with Crippen LogP contribution in [-0.4, -0.2) is 27.8 Å². The number of benzene rings is 2. The number of rotatable bonds is 7. The van der Waals surface area contributed by atoms with Crippen molar-refractivity contribution in [1.82, 2.24) is 15.3 Å². The van der Waals surface area contributed by atoms with Crippen LogP contribution in [0.2, 0.25) is 0 Å². The number of hydrogen-bond donors (Lipinski definition) is 2. The zero-order valence-electron chi connectivity index (χ0n) is 20.0. The summed E-state index contributed by atoms with van der Waals surface area (Å²) in [6.45, 7) is 0. The summed E-state index contributed by atoms with van der Waals surface area (Å²) in [7, 11) is 0. The maximum absolute atomic E-state index is 14.0. The predicted octanol–water partition coefficient (Wildman–Crippen LogP) is 5.47. The number of amides is 2. The van der Waals surface area contributed by atoms with Gasteiger partial charge < -0.3 is 10.3 Å². The molecule has 184 valence electrons. The zero-order valence-corrected chi connectivity index (χ0v) is 20.0. The van der Waals surface area contributed by atoms with Crippen LogP contribution in [0.5, 0.6) is 0 Å². The Hall–Kier alpha value is -4.00. The maximum Gasteiger partial charge on any atom is 0.248 e. The van der Waals surface area contributed by atoms with E-state index in [4.69, 9.17) is 0 Å². The fraction of sp³-hybridized carbons (Fsp3) is 0.276. The number of pyridine rings is 1. The number of H-pyrrole nitrogens is 1. The van der Waals surface area contributed by atoms with Crippen LogP contribution in [0.15, 0.2) is 79.3 Å². The Morgan fingerprint density at radius 1 is 1.03 bits per heavy atom. The van der Waals surface area contributed by atoms with E-state index in [-0.39, 0.29) is 24.3 Å². The average Bonchev–Trinajstić information content (AvgIpc) is 3.31. The van der Waals surface area contributed by atoms with Crippen LogP contribution in [0.3, 0.4) is 0 Å². The van der Waals surface area contributed by atoms with E-state index in [0.717, 1.165) is 42.1 Å². The Morgan fingerprint density at radius 3 is 2.56 bits per heavy atom. The van der Waals surface area contributed by atoms with Crippen LogP contribution in [0.4, 0.5) is 10.1 Å². The first-order chi connectivity index (χ1) is 17.6. The molecule has 7 heteroatoms. The molecule has 2 N–H and O–H groups in total. The molecule has 0 spiro atoms. The van der Waals surface area contributed by atoms with Crippen LogP contribution < -0.4 is 10.2 Å². The predicted molar refractivity (Wildman–Crippen MR) is 138 cm³/mol. The SMILES string of the molecule is O=C(NC1CCCCC1)C(c1cccnc1)N(C(=O)Cc1c[nH]c2ccccc12)c1ccc(F)cc1. The monoisotopic (exact) mass is 484 g/mol. The summed E-state index contributed by atoms with van der Waals surface area (Å²) in [5.41, 5.74) is 2.82. The van der Waals surface area contributed by atoms with E-state index in [9.17, 15) is 14.0 Å². The van der Waals surface area contributed by atoms with E-state index < -0.39 is 11.9 Å². The van der Waals surface area contributed by atoms with Crippen molar-refractivity contribution in [2.24, 2.45) is 0 Å². The molecule has 0 aliphatic heterocycles. The van der Waals surface area contributed by atoms with Crippen LogP contribution in [0.1, 0.15) is 49.3 Å². The second kappa shape index (κ2) is 10.7. The molecular weight excluding hydrogens is 455 g/mol. The molecule has 36 heavy (non-hydrogen) atoms. The molecule has 1 unspecified atom stereocenters. The smallest absolute Gasteiger partial charge is 0.248 e. The number of nitrogens with zero attached hydrogens (tertiary/aromatic N) is 2. The third-order valence-corrected chi connectivity index (χ3v) is 6.85. The summed E-state index contributed by atoms with van der Waals surface area (Å²) in [5, 5.41) is 4.13. The van der Waals surface area contributed by atoms with Gasteiger partial charge in [0.1, 0.15) is 11.9 Å². The first-order valence-electron chi connectivity index (χ1n) is 12.4. The van der Waals surface area contributed by atoms with E-state index in [0.29, 0.717) is 11.3 Å². The number of hydrogen-bond acceptors (Lipinski definition) is 3. The van der Waals surface area contributed by atoms with E-state index in [2.05, 4.69) is 15.3 Å². The molecule has 5 rings (SSSR count). The molecule has 1 aliphatic carbocycles. The van der Waals surface area contributed by atoms with Crippen molar-refractivity contribution in [3.8, 4) is 0 Å². The van der Waals surface area contributed by atoms with Crippen LogP contribution in [0.25, 0.3) is 10.9 Å². The van der Waals surface area contributed by atoms with Crippen molar-refractivity contribution >= 4 is 28.4 Å². The minimum absolute atomic E-state index is 0.0733. The highest BCUT2D eigenvalue weighted by atomic mass is 19.1. The van der Waals surface area contributed by atoms with Gasteiger partial charge in [-0.1, -0.05) is 43.5 Å². The van der Waals surface area contributed by atoms with Gasteiger partial charge in [-0.3, -0.25) is 19.5 Å². The number of carbonyl (C=O) groups excluding carboxylic acids is 2. The first kappa shape index (κ1) is 23.7. The zero-order chi connectivity index (χ0) is 24.9. The molecule has 1 fully saturated rings. The molecule has 1 atom stereocenters. The molecule has 6 nitrogen and oxygen atoms in total. The maximum atomic E-state index is 14.0. The lowest BCUT2D eigenvalue weighted by atomic mass is 9.94. The topological polar surface area (TPSA) is 78.1 Å². The molecule has 2 amide bonds. The number of carbonyl (C=O) groups is 2. The number of fused-ring (bicyclic) bond motifs is 1. The van der Waals surface area contributed by atoms with E-state index >= 15 is 0 Å². The van der Waals surface area contributed by atoms with Crippen molar-refractivity contribution in [2.45, 2.75) is 50.6 Å². The lowest BCUT2D eigenvalue weighted by molar-refractivity contribution is -0.127. The van der Waals surface area contributed by atoms with Gasteiger partial charge in [-0.25, -0.2) is 4.39 Å². The lowest BCUT2D eigenvalue weighted by Gasteiger charge is -2.33. The Balaban J connectivity index is 1.54. The lowest BCUT2D eigenvalue weighted by Crippen LogP contribution is -2.47. The standard InChI is InChI=1S/C29H29FN4O2/c30-22-12-14-24(15-13-22)34(27(35)17-21-19-32-26-11-5-4-10-25(21)26)28(20-7-6-16-31-18-20)29(36)33-23-8-2-1-3-9-23/h4-7,10-16,18-19,23,28,32H,1-3,8-9,17H2,(H,33,36). The highest BCUT2D eigenvalue weighted by Gasteiger charge is 2.34. The molecule has 2 aromatic heterocycles.